The molecule has 75 heavy (non-hydrogen) atoms. The van der Waals surface area contributed by atoms with Crippen molar-refractivity contribution in [2.24, 2.45) is 0 Å². The minimum absolute atomic E-state index is 0.0951. The Morgan fingerprint density at radius 3 is 1.56 bits per heavy atom. The van der Waals surface area contributed by atoms with Gasteiger partial charge >= 0.3 is 5.97 Å². The van der Waals surface area contributed by atoms with Gasteiger partial charge in [-0.2, -0.15) is 0 Å². The molecule has 1 rings (SSSR count). The lowest BCUT2D eigenvalue weighted by atomic mass is 9.99. The number of unbranched alkanes of at least 4 members (excludes halogenated alkanes) is 19. The predicted octanol–water partition coefficient (Wildman–Crippen LogP) is 13.5. The summed E-state index contributed by atoms with van der Waals surface area (Å²) in [4.78, 5) is 26.4. The van der Waals surface area contributed by atoms with Gasteiger partial charge < -0.3 is 45.1 Å². The van der Waals surface area contributed by atoms with Gasteiger partial charge in [0.1, 0.15) is 24.4 Å². The Kier molecular flexibility index (Phi) is 46.8. The Balaban J connectivity index is 2.69. The Bertz CT molecular complexity index is 1680. The van der Waals surface area contributed by atoms with Crippen molar-refractivity contribution in [1.29, 1.82) is 0 Å². The minimum atomic E-state index is -1.64. The van der Waals surface area contributed by atoms with Crippen LogP contribution in [0.15, 0.2) is 122 Å². The number of carbonyl (C=O) groups is 2. The monoisotopic (exact) mass is 1050 g/mol. The lowest BCUT2D eigenvalue weighted by Gasteiger charge is -2.41. The number of aliphatic hydroxyl groups is 5. The lowest BCUT2D eigenvalue weighted by molar-refractivity contribution is -0.305. The van der Waals surface area contributed by atoms with Crippen LogP contribution in [-0.4, -0.2) is 99.6 Å². The molecule has 1 saturated heterocycles. The summed E-state index contributed by atoms with van der Waals surface area (Å²) in [6.45, 7) is 5.52. The van der Waals surface area contributed by atoms with Gasteiger partial charge in [0.05, 0.1) is 25.4 Å². The van der Waals surface area contributed by atoms with E-state index < -0.39 is 67.4 Å². The van der Waals surface area contributed by atoms with E-state index in [0.717, 1.165) is 96.3 Å². The summed E-state index contributed by atoms with van der Waals surface area (Å²) in [6, 6.07) is -1.07. The second-order valence-corrected chi connectivity index (χ2v) is 19.8. The number of hydrogen-bond acceptors (Lipinski definition) is 10. The summed E-state index contributed by atoms with van der Waals surface area (Å²) >= 11 is 0. The van der Waals surface area contributed by atoms with Gasteiger partial charge in [0.2, 0.25) is 5.91 Å². The third kappa shape index (κ3) is 39.1. The van der Waals surface area contributed by atoms with Gasteiger partial charge in [-0.3, -0.25) is 9.59 Å². The van der Waals surface area contributed by atoms with Crippen molar-refractivity contribution < 1.29 is 49.3 Å². The van der Waals surface area contributed by atoms with E-state index in [1.54, 1.807) is 6.08 Å². The van der Waals surface area contributed by atoms with E-state index in [4.69, 9.17) is 14.2 Å². The number of nitrogens with one attached hydrogen (secondary N) is 1. The van der Waals surface area contributed by atoms with Gasteiger partial charge in [-0.25, -0.2) is 0 Å². The lowest BCUT2D eigenvalue weighted by Crippen LogP contribution is -2.61. The first-order valence-electron chi connectivity index (χ1n) is 29.4. The molecule has 0 radical (unpaired) electrons. The quantitative estimate of drug-likeness (QED) is 0.0149. The van der Waals surface area contributed by atoms with E-state index in [1.165, 1.54) is 64.2 Å². The SMILES string of the molecule is CC/C=C/C=C/C=C\C=C/C=C/CCC(O)C(=O)NC(COC1OC(CO)C(O)C(O)C1OC(=O)CCCCCCCCC/C=C\C/C=C\C/C=C\C/C=C\CCCCC)C(O)/C=C/CCCCCCCCCCC. The molecule has 0 bridgehead atoms. The molecule has 11 heteroatoms. The maximum atomic E-state index is 13.3. The number of amides is 1. The van der Waals surface area contributed by atoms with Crippen molar-refractivity contribution >= 4 is 11.9 Å². The average molecular weight is 1050 g/mol. The molecule has 6 N–H and O–H groups in total. The van der Waals surface area contributed by atoms with Gasteiger partial charge in [-0.05, 0) is 83.5 Å². The Morgan fingerprint density at radius 1 is 0.547 bits per heavy atom. The Morgan fingerprint density at radius 2 is 1.01 bits per heavy atom. The topological polar surface area (TPSA) is 175 Å². The number of allylic oxidation sites excluding steroid dienone is 19. The molecule has 1 aliphatic rings. The average Bonchev–Trinajstić information content (AvgIpc) is 3.41. The molecule has 0 spiro atoms. The Labute approximate surface area is 455 Å². The number of ether oxygens (including phenoxy) is 3. The zero-order valence-corrected chi connectivity index (χ0v) is 46.9. The fraction of sp³-hybridized carbons (Fsp3) is 0.656. The summed E-state index contributed by atoms with van der Waals surface area (Å²) < 4.78 is 17.5. The van der Waals surface area contributed by atoms with Crippen LogP contribution < -0.4 is 5.32 Å². The molecule has 0 saturated carbocycles. The summed E-state index contributed by atoms with van der Waals surface area (Å²) in [5, 5.41) is 56.7. The highest BCUT2D eigenvalue weighted by Crippen LogP contribution is 2.26. The molecule has 0 aliphatic carbocycles. The van der Waals surface area contributed by atoms with Crippen LogP contribution >= 0.6 is 0 Å². The van der Waals surface area contributed by atoms with E-state index in [0.29, 0.717) is 12.8 Å². The second-order valence-electron chi connectivity index (χ2n) is 19.8. The minimum Gasteiger partial charge on any atom is -0.454 e. The number of rotatable bonds is 47. The van der Waals surface area contributed by atoms with Crippen LogP contribution in [0.25, 0.3) is 0 Å². The molecule has 8 unspecified atom stereocenters. The second kappa shape index (κ2) is 50.9. The standard InChI is InChI=1S/C64H105NO10/c1-4-7-10-13-16-19-22-24-25-26-27-28-29-30-31-32-33-34-37-40-43-46-49-52-59(69)75-62-61(71)60(70)58(53-66)74-64(62)73-54-55(56(67)50-47-44-41-38-35-21-18-15-12-9-6-3)65-63(72)57(68)51-48-45-42-39-36-23-20-17-14-11-8-5-2/h8,11,14,16-17,19-20,23-25,27-28,30-31,36,39,42,45,47,50,55-58,60-62,64,66-68,70-71H,4-7,9-10,12-13,15,18,21-22,26,29,32-35,37-38,40-41,43-44,46,48-49,51-54H2,1-3H3,(H,65,72)/b11-8+,17-14+,19-16-,23-20-,25-24-,28-27-,31-30-,39-36-,45-42+,50-47+. The summed E-state index contributed by atoms with van der Waals surface area (Å²) in [5.41, 5.74) is 0. The van der Waals surface area contributed by atoms with Crippen molar-refractivity contribution in [3.8, 4) is 0 Å². The van der Waals surface area contributed by atoms with Crippen molar-refractivity contribution in [3.63, 3.8) is 0 Å². The van der Waals surface area contributed by atoms with Crippen molar-refractivity contribution in [3.05, 3.63) is 122 Å². The maximum absolute atomic E-state index is 13.3. The molecule has 1 aliphatic heterocycles. The normalized spacial score (nSPS) is 20.1. The smallest absolute Gasteiger partial charge is 0.306 e. The van der Waals surface area contributed by atoms with Gasteiger partial charge in [-0.1, -0.05) is 239 Å². The molecule has 1 amide bonds. The molecule has 426 valence electrons. The highest BCUT2D eigenvalue weighted by Gasteiger charge is 2.47. The first-order valence-corrected chi connectivity index (χ1v) is 29.4. The molecule has 0 aromatic rings. The number of esters is 1. The third-order valence-electron chi connectivity index (χ3n) is 13.0. The van der Waals surface area contributed by atoms with Crippen molar-refractivity contribution in [2.45, 2.75) is 256 Å². The highest BCUT2D eigenvalue weighted by atomic mass is 16.7. The summed E-state index contributed by atoms with van der Waals surface area (Å²) in [6.07, 6.45) is 59.7. The van der Waals surface area contributed by atoms with Crippen LogP contribution in [-0.2, 0) is 23.8 Å². The van der Waals surface area contributed by atoms with Crippen LogP contribution in [0.3, 0.4) is 0 Å². The molecule has 0 aromatic heterocycles. The number of aliphatic hydroxyl groups excluding tert-OH is 5. The number of hydrogen-bond donors (Lipinski definition) is 6. The molecule has 0 aromatic carbocycles. The fourth-order valence-electron chi connectivity index (χ4n) is 8.31. The molecule has 11 nitrogen and oxygen atoms in total. The molecule has 1 heterocycles. The fourth-order valence-corrected chi connectivity index (χ4v) is 8.31. The predicted molar refractivity (Wildman–Crippen MR) is 310 cm³/mol. The molecule has 8 atom stereocenters. The van der Waals surface area contributed by atoms with E-state index in [9.17, 15) is 35.1 Å². The summed E-state index contributed by atoms with van der Waals surface area (Å²) in [5.74, 6) is -1.30. The maximum Gasteiger partial charge on any atom is 0.306 e. The Hall–Kier alpha value is -3.94. The van der Waals surface area contributed by atoms with Gasteiger partial charge in [0.15, 0.2) is 12.4 Å². The zero-order chi connectivity index (χ0) is 54.7. The van der Waals surface area contributed by atoms with Crippen molar-refractivity contribution in [1.82, 2.24) is 5.32 Å². The van der Waals surface area contributed by atoms with Crippen LogP contribution in [0, 0.1) is 0 Å². The van der Waals surface area contributed by atoms with Crippen LogP contribution in [0.1, 0.15) is 207 Å². The highest BCUT2D eigenvalue weighted by molar-refractivity contribution is 5.80. The first-order chi connectivity index (χ1) is 36.7. The first kappa shape index (κ1) is 69.1. The van der Waals surface area contributed by atoms with Crippen LogP contribution in [0.5, 0.6) is 0 Å². The van der Waals surface area contributed by atoms with Crippen LogP contribution in [0.2, 0.25) is 0 Å². The van der Waals surface area contributed by atoms with Gasteiger partial charge in [-0.15, -0.1) is 0 Å². The van der Waals surface area contributed by atoms with Gasteiger partial charge in [0.25, 0.3) is 0 Å². The molecular formula is C64H105NO10. The number of carbonyl (C=O) groups excluding carboxylic acids is 2. The largest absolute Gasteiger partial charge is 0.454 e. The molecular weight excluding hydrogens is 943 g/mol. The zero-order valence-electron chi connectivity index (χ0n) is 46.9. The van der Waals surface area contributed by atoms with Crippen molar-refractivity contribution in [2.75, 3.05) is 13.2 Å². The van der Waals surface area contributed by atoms with Gasteiger partial charge in [0, 0.05) is 6.42 Å². The van der Waals surface area contributed by atoms with E-state index in [2.05, 4.69) is 80.8 Å². The molecule has 1 fully saturated rings. The van der Waals surface area contributed by atoms with Crippen LogP contribution in [0.4, 0.5) is 0 Å². The van der Waals surface area contributed by atoms with E-state index in [1.807, 2.05) is 60.8 Å². The van der Waals surface area contributed by atoms with E-state index in [-0.39, 0.29) is 19.4 Å². The summed E-state index contributed by atoms with van der Waals surface area (Å²) in [7, 11) is 0. The van der Waals surface area contributed by atoms with E-state index >= 15 is 0 Å². The third-order valence-corrected chi connectivity index (χ3v) is 13.0.